The number of amides is 1. The summed E-state index contributed by atoms with van der Waals surface area (Å²) in [5.74, 6) is -0.572. The van der Waals surface area contributed by atoms with Crippen LogP contribution in [-0.2, 0) is 16.1 Å². The van der Waals surface area contributed by atoms with Gasteiger partial charge >= 0.3 is 0 Å². The smallest absolute Gasteiger partial charge is 0.295 e. The standard InChI is InChI=1S/C27H25NO5/c1-17-12-13-22(33-3)21(14-17)25(29)23-24(19-9-5-4-6-10-19)28(27(31)26(23)30)16-18-8-7-11-20(15-18)32-2/h4-15,24,29H,16H2,1-3H3/b25-23+. The van der Waals surface area contributed by atoms with E-state index in [1.165, 1.54) is 12.0 Å². The number of ether oxygens (including phenoxy) is 2. The van der Waals surface area contributed by atoms with Crippen molar-refractivity contribution in [3.8, 4) is 11.5 Å². The van der Waals surface area contributed by atoms with Crippen LogP contribution in [-0.4, -0.2) is 35.9 Å². The Morgan fingerprint density at radius 2 is 1.70 bits per heavy atom. The predicted octanol–water partition coefficient (Wildman–Crippen LogP) is 4.63. The molecule has 1 aliphatic heterocycles. The summed E-state index contributed by atoms with van der Waals surface area (Å²) in [5.41, 5.74) is 2.84. The molecule has 1 unspecified atom stereocenters. The lowest BCUT2D eigenvalue weighted by atomic mass is 9.94. The van der Waals surface area contributed by atoms with Crippen molar-refractivity contribution in [1.29, 1.82) is 0 Å². The third-order valence-electron chi connectivity index (χ3n) is 5.75. The molecule has 6 nitrogen and oxygen atoms in total. The third kappa shape index (κ3) is 4.20. The summed E-state index contributed by atoms with van der Waals surface area (Å²) in [4.78, 5) is 27.9. The molecule has 0 saturated carbocycles. The molecule has 1 amide bonds. The fourth-order valence-electron chi connectivity index (χ4n) is 4.14. The largest absolute Gasteiger partial charge is 0.507 e. The number of methoxy groups -OCH3 is 2. The average molecular weight is 443 g/mol. The van der Waals surface area contributed by atoms with E-state index in [1.807, 2.05) is 67.6 Å². The summed E-state index contributed by atoms with van der Waals surface area (Å²) in [6.07, 6.45) is 0. The molecule has 1 atom stereocenters. The number of nitrogens with zero attached hydrogens (tertiary/aromatic N) is 1. The van der Waals surface area contributed by atoms with Gasteiger partial charge in [0.15, 0.2) is 0 Å². The molecule has 168 valence electrons. The summed E-state index contributed by atoms with van der Waals surface area (Å²) in [6, 6.07) is 21.2. The topological polar surface area (TPSA) is 76.1 Å². The highest BCUT2D eigenvalue weighted by Crippen LogP contribution is 2.41. The molecule has 4 rings (SSSR count). The minimum Gasteiger partial charge on any atom is -0.507 e. The molecule has 1 heterocycles. The molecule has 0 aliphatic carbocycles. The number of likely N-dealkylation sites (tertiary alicyclic amines) is 1. The lowest BCUT2D eigenvalue weighted by Gasteiger charge is -2.25. The van der Waals surface area contributed by atoms with E-state index in [1.54, 1.807) is 19.2 Å². The van der Waals surface area contributed by atoms with E-state index in [9.17, 15) is 14.7 Å². The second-order valence-electron chi connectivity index (χ2n) is 7.89. The Balaban J connectivity index is 1.88. The number of aryl methyl sites for hydroxylation is 1. The van der Waals surface area contributed by atoms with Crippen molar-refractivity contribution in [2.24, 2.45) is 0 Å². The maximum atomic E-state index is 13.2. The Hall–Kier alpha value is -4.06. The third-order valence-corrected chi connectivity index (χ3v) is 5.75. The zero-order valence-electron chi connectivity index (χ0n) is 18.7. The SMILES string of the molecule is COc1cccc(CN2C(=O)C(=O)/C(=C(/O)c3cc(C)ccc3OC)C2c2ccccc2)c1. The van der Waals surface area contributed by atoms with Crippen LogP contribution in [0.3, 0.4) is 0 Å². The predicted molar refractivity (Wildman–Crippen MR) is 125 cm³/mol. The van der Waals surface area contributed by atoms with Gasteiger partial charge in [0.1, 0.15) is 17.3 Å². The lowest BCUT2D eigenvalue weighted by Crippen LogP contribution is -2.29. The van der Waals surface area contributed by atoms with E-state index in [4.69, 9.17) is 9.47 Å². The average Bonchev–Trinajstić information content (AvgIpc) is 3.09. The first-order valence-electron chi connectivity index (χ1n) is 10.6. The minimum absolute atomic E-state index is 0.0398. The number of rotatable bonds is 6. The highest BCUT2D eigenvalue weighted by atomic mass is 16.5. The molecule has 0 bridgehead atoms. The number of aliphatic hydroxyl groups excluding tert-OH is 1. The molecule has 1 fully saturated rings. The second-order valence-corrected chi connectivity index (χ2v) is 7.89. The van der Waals surface area contributed by atoms with Gasteiger partial charge in [-0.25, -0.2) is 0 Å². The van der Waals surface area contributed by atoms with Crippen molar-refractivity contribution < 1.29 is 24.2 Å². The van der Waals surface area contributed by atoms with E-state index in [2.05, 4.69) is 0 Å². The zero-order chi connectivity index (χ0) is 23.5. The molecular formula is C27H25NO5. The fourth-order valence-corrected chi connectivity index (χ4v) is 4.14. The Kier molecular flexibility index (Phi) is 6.18. The Bertz CT molecular complexity index is 1230. The van der Waals surface area contributed by atoms with Gasteiger partial charge in [0.25, 0.3) is 11.7 Å². The monoisotopic (exact) mass is 443 g/mol. The Labute approximate surface area is 192 Å². The number of carbonyl (C=O) groups excluding carboxylic acids is 2. The van der Waals surface area contributed by atoms with E-state index in [-0.39, 0.29) is 17.9 Å². The minimum atomic E-state index is -0.748. The van der Waals surface area contributed by atoms with Crippen LogP contribution in [0.15, 0.2) is 78.4 Å². The quantitative estimate of drug-likeness (QED) is 0.341. The van der Waals surface area contributed by atoms with Crippen LogP contribution in [0.25, 0.3) is 5.76 Å². The van der Waals surface area contributed by atoms with Gasteiger partial charge in [-0.1, -0.05) is 54.1 Å². The molecule has 3 aromatic rings. The van der Waals surface area contributed by atoms with Crippen LogP contribution < -0.4 is 9.47 Å². The lowest BCUT2D eigenvalue weighted by molar-refractivity contribution is -0.140. The molecule has 33 heavy (non-hydrogen) atoms. The molecule has 3 aromatic carbocycles. The number of hydrogen-bond acceptors (Lipinski definition) is 5. The van der Waals surface area contributed by atoms with Crippen LogP contribution in [0.4, 0.5) is 0 Å². The summed E-state index contributed by atoms with van der Waals surface area (Å²) < 4.78 is 10.7. The van der Waals surface area contributed by atoms with Gasteiger partial charge < -0.3 is 19.5 Å². The summed E-state index contributed by atoms with van der Waals surface area (Å²) in [6.45, 7) is 2.06. The van der Waals surface area contributed by atoms with Crippen molar-refractivity contribution in [3.63, 3.8) is 0 Å². The van der Waals surface area contributed by atoms with Gasteiger partial charge in [-0.05, 0) is 42.3 Å². The van der Waals surface area contributed by atoms with E-state index < -0.39 is 17.7 Å². The van der Waals surface area contributed by atoms with Crippen molar-refractivity contribution >= 4 is 17.4 Å². The summed E-state index contributed by atoms with van der Waals surface area (Å²) in [7, 11) is 3.07. The highest BCUT2D eigenvalue weighted by Gasteiger charge is 2.46. The normalized spacial score (nSPS) is 17.3. The van der Waals surface area contributed by atoms with Crippen LogP contribution in [0.2, 0.25) is 0 Å². The van der Waals surface area contributed by atoms with Crippen molar-refractivity contribution in [2.75, 3.05) is 14.2 Å². The van der Waals surface area contributed by atoms with Gasteiger partial charge in [-0.3, -0.25) is 9.59 Å². The number of carbonyl (C=O) groups is 2. The van der Waals surface area contributed by atoms with Gasteiger partial charge in [-0.15, -0.1) is 0 Å². The van der Waals surface area contributed by atoms with E-state index in [0.717, 1.165) is 16.7 Å². The number of aliphatic hydroxyl groups is 1. The van der Waals surface area contributed by atoms with E-state index in [0.29, 0.717) is 17.1 Å². The first kappa shape index (κ1) is 22.1. The summed E-state index contributed by atoms with van der Waals surface area (Å²) >= 11 is 0. The molecule has 1 aliphatic rings. The molecular weight excluding hydrogens is 418 g/mol. The Morgan fingerprint density at radius 1 is 0.939 bits per heavy atom. The molecule has 0 radical (unpaired) electrons. The maximum absolute atomic E-state index is 13.2. The first-order valence-corrected chi connectivity index (χ1v) is 10.6. The maximum Gasteiger partial charge on any atom is 0.295 e. The number of Topliss-reactive ketones (excluding diaryl/α,β-unsaturated/α-hetero) is 1. The van der Waals surface area contributed by atoms with Crippen LogP contribution in [0.1, 0.15) is 28.3 Å². The summed E-state index contributed by atoms with van der Waals surface area (Å²) in [5, 5.41) is 11.3. The number of benzene rings is 3. The molecule has 6 heteroatoms. The van der Waals surface area contributed by atoms with Gasteiger partial charge in [-0.2, -0.15) is 0 Å². The van der Waals surface area contributed by atoms with Gasteiger partial charge in [0, 0.05) is 6.54 Å². The first-order chi connectivity index (χ1) is 15.9. The fraction of sp³-hybridized carbons (Fsp3) is 0.185. The second kappa shape index (κ2) is 9.20. The molecule has 0 spiro atoms. The number of ketones is 1. The van der Waals surface area contributed by atoms with Crippen LogP contribution in [0, 0.1) is 6.92 Å². The Morgan fingerprint density at radius 3 is 2.39 bits per heavy atom. The molecule has 1 saturated heterocycles. The zero-order valence-corrected chi connectivity index (χ0v) is 18.7. The van der Waals surface area contributed by atoms with Crippen LogP contribution in [0.5, 0.6) is 11.5 Å². The van der Waals surface area contributed by atoms with Gasteiger partial charge in [0.05, 0.1) is 31.4 Å². The molecule has 1 N–H and O–H groups in total. The van der Waals surface area contributed by atoms with Crippen molar-refractivity contribution in [3.05, 3.63) is 101 Å². The molecule has 0 aromatic heterocycles. The number of hydrogen-bond donors (Lipinski definition) is 1. The van der Waals surface area contributed by atoms with E-state index >= 15 is 0 Å². The van der Waals surface area contributed by atoms with Crippen molar-refractivity contribution in [2.45, 2.75) is 19.5 Å². The highest BCUT2D eigenvalue weighted by molar-refractivity contribution is 6.46. The van der Waals surface area contributed by atoms with Crippen molar-refractivity contribution in [1.82, 2.24) is 4.90 Å². The van der Waals surface area contributed by atoms with Crippen LogP contribution >= 0.6 is 0 Å². The van der Waals surface area contributed by atoms with Gasteiger partial charge in [0.2, 0.25) is 0 Å².